The summed E-state index contributed by atoms with van der Waals surface area (Å²) in [5.74, 6) is -19.4. The van der Waals surface area contributed by atoms with E-state index in [1.165, 1.54) is 0 Å². The third-order valence-electron chi connectivity index (χ3n) is 17.2. The number of halogens is 3. The molecular formula is C73H127F3N24O21. The first kappa shape index (κ1) is 111. The van der Waals surface area contributed by atoms with E-state index in [1.807, 2.05) is 0 Å². The summed E-state index contributed by atoms with van der Waals surface area (Å²) in [6, 6.07) is -7.58. The Kier molecular flexibility index (Phi) is 53.5. The predicted molar refractivity (Wildman–Crippen MR) is 436 cm³/mol. The Balaban J connectivity index is 0. The van der Waals surface area contributed by atoms with Crippen LogP contribution in [0.5, 0.6) is 0 Å². The second-order valence-corrected chi connectivity index (χ2v) is 29.2. The average Bonchev–Trinajstić information content (AvgIpc) is 0.851. The highest BCUT2D eigenvalue weighted by molar-refractivity contribution is 6.00. The number of nitrogens with two attached hydrogens (primary N) is 7. The van der Waals surface area contributed by atoms with Crippen LogP contribution in [0.2, 0.25) is 0 Å². The Morgan fingerprint density at radius 1 is 0.405 bits per heavy atom. The molecule has 1 aromatic carbocycles. The minimum absolute atomic E-state index is 0. The first-order valence-electron chi connectivity index (χ1n) is 38.5. The molecule has 121 heavy (non-hydrogen) atoms. The molecule has 0 aliphatic heterocycles. The highest BCUT2D eigenvalue weighted by Gasteiger charge is 2.40. The van der Waals surface area contributed by atoms with Crippen LogP contribution in [0.15, 0.2) is 45.3 Å². The second-order valence-electron chi connectivity index (χ2n) is 29.2. The summed E-state index contributed by atoms with van der Waals surface area (Å²) < 4.78 is 31.7. The van der Waals surface area contributed by atoms with E-state index < -0.39 is 218 Å². The number of benzene rings is 1. The number of carbonyl (C=O) groups excluding carboxylic acids is 14. The van der Waals surface area contributed by atoms with E-state index >= 15 is 0 Å². The van der Waals surface area contributed by atoms with Crippen molar-refractivity contribution in [2.24, 2.45) is 78.8 Å². The van der Waals surface area contributed by atoms with E-state index in [1.54, 1.807) is 85.7 Å². The summed E-state index contributed by atoms with van der Waals surface area (Å²) >= 11 is 0. The SMILES string of the molecule is C.CC[C@H](C)[C@H](NC(=O)[C@H](CCCN=C(N)N)NC(=O)[C@H](CC(C)C)NC(=O)[C@H](CC(C)C)NC(=O)[C@H](CCCN=C(N)N)NC(=O)CNC(=O)[C@@H](NC(=O)CNC(=O)CNC(=O)[C@@H](NC(=O)[C@H](CC(C)C)NC(=O)[C@H](Cc1ccccc1)NC(=O)[C@H](CCCN=C(N)N)NC(=O)CN)[C@@H](C)O)[C@@H](C)O)C(=O)N[C@@H](CO)C(=O)O.O=C(O)C(F)(F)F. The van der Waals surface area contributed by atoms with Crippen molar-refractivity contribution in [2.75, 3.05) is 52.4 Å². The molecule has 0 aliphatic carbocycles. The van der Waals surface area contributed by atoms with Crippen LogP contribution in [-0.4, -0.2) is 275 Å². The van der Waals surface area contributed by atoms with Gasteiger partial charge in [0.05, 0.1) is 45.0 Å². The summed E-state index contributed by atoms with van der Waals surface area (Å²) in [6.45, 7) is 12.1. The van der Waals surface area contributed by atoms with Crippen LogP contribution in [-0.2, 0) is 83.1 Å². The molecule has 1 rings (SSSR count). The maximum absolute atomic E-state index is 14.4. The lowest BCUT2D eigenvalue weighted by atomic mass is 9.97. The number of rotatable bonds is 54. The summed E-state index contributed by atoms with van der Waals surface area (Å²) in [6.07, 6.45) is -8.02. The van der Waals surface area contributed by atoms with E-state index in [0.29, 0.717) is 12.0 Å². The highest BCUT2D eigenvalue weighted by Crippen LogP contribution is 2.17. The van der Waals surface area contributed by atoms with Gasteiger partial charge in [0, 0.05) is 26.1 Å². The molecule has 0 aromatic heterocycles. The molecule has 0 bridgehead atoms. The van der Waals surface area contributed by atoms with Gasteiger partial charge < -0.3 is 140 Å². The number of aliphatic hydroxyl groups excluding tert-OH is 3. The second kappa shape index (κ2) is 58.2. The molecule has 0 aliphatic rings. The van der Waals surface area contributed by atoms with Gasteiger partial charge in [-0.05, 0) is 101 Å². The van der Waals surface area contributed by atoms with Crippen LogP contribution >= 0.6 is 0 Å². The third-order valence-corrected chi connectivity index (χ3v) is 17.2. The molecule has 48 heteroatoms. The zero-order valence-corrected chi connectivity index (χ0v) is 68.9. The van der Waals surface area contributed by atoms with Gasteiger partial charge in [0.25, 0.3) is 0 Å². The van der Waals surface area contributed by atoms with Gasteiger partial charge in [0.1, 0.15) is 66.5 Å². The molecule has 1 aromatic rings. The van der Waals surface area contributed by atoms with Gasteiger partial charge in [-0.2, -0.15) is 13.2 Å². The van der Waals surface area contributed by atoms with Gasteiger partial charge >= 0.3 is 18.1 Å². The Hall–Kier alpha value is -11.8. The number of nitrogens with zero attached hydrogens (tertiary/aromatic N) is 3. The van der Waals surface area contributed by atoms with Crippen molar-refractivity contribution in [3.8, 4) is 0 Å². The van der Waals surface area contributed by atoms with Crippen LogP contribution in [0, 0.1) is 23.7 Å². The van der Waals surface area contributed by atoms with Crippen LogP contribution in [0.4, 0.5) is 13.2 Å². The van der Waals surface area contributed by atoms with Crippen molar-refractivity contribution in [1.82, 2.24) is 74.4 Å². The first-order chi connectivity index (χ1) is 56.0. The van der Waals surface area contributed by atoms with Gasteiger partial charge in [-0.15, -0.1) is 0 Å². The number of carboxylic acids is 2. The number of amides is 14. The number of aliphatic hydroxyl groups is 3. The smallest absolute Gasteiger partial charge is 0.480 e. The predicted octanol–water partition coefficient (Wildman–Crippen LogP) is -7.68. The van der Waals surface area contributed by atoms with Gasteiger partial charge in [-0.3, -0.25) is 82.1 Å². The Labute approximate surface area is 699 Å². The summed E-state index contributed by atoms with van der Waals surface area (Å²) in [5.41, 5.74) is 39.0. The maximum Gasteiger partial charge on any atom is 0.490 e. The number of carboxylic acid groups (broad SMARTS) is 2. The molecule has 0 saturated heterocycles. The zero-order chi connectivity index (χ0) is 91.9. The lowest BCUT2D eigenvalue weighted by Crippen LogP contribution is -2.60. The normalized spacial score (nSPS) is 14.4. The largest absolute Gasteiger partial charge is 0.490 e. The third kappa shape index (κ3) is 47.5. The number of alkyl halides is 3. The highest BCUT2D eigenvalue weighted by atomic mass is 19.4. The fourth-order valence-corrected chi connectivity index (χ4v) is 10.8. The fourth-order valence-electron chi connectivity index (χ4n) is 10.8. The number of carbonyl (C=O) groups is 16. The van der Waals surface area contributed by atoms with Crippen molar-refractivity contribution < 1.29 is 115 Å². The van der Waals surface area contributed by atoms with Crippen molar-refractivity contribution in [2.45, 2.75) is 232 Å². The van der Waals surface area contributed by atoms with E-state index in [0.717, 1.165) is 13.8 Å². The number of aliphatic imine (C=N–C) groups is 3. The van der Waals surface area contributed by atoms with Gasteiger partial charge in [-0.1, -0.05) is 99.6 Å². The molecule has 0 saturated carbocycles. The van der Waals surface area contributed by atoms with E-state index in [2.05, 4.69) is 89.4 Å². The van der Waals surface area contributed by atoms with Gasteiger partial charge in [-0.25, -0.2) is 9.59 Å². The van der Waals surface area contributed by atoms with Crippen molar-refractivity contribution in [1.29, 1.82) is 0 Å². The maximum atomic E-state index is 14.4. The first-order valence-corrected chi connectivity index (χ1v) is 38.5. The minimum Gasteiger partial charge on any atom is -0.480 e. The molecule has 33 N–H and O–H groups in total. The molecule has 0 heterocycles. The molecule has 0 unspecified atom stereocenters. The van der Waals surface area contributed by atoms with Crippen LogP contribution in [0.25, 0.3) is 0 Å². The molecule has 686 valence electrons. The van der Waals surface area contributed by atoms with Crippen LogP contribution in [0.1, 0.15) is 146 Å². The molecule has 0 radical (unpaired) electrons. The number of nitrogens with one attached hydrogen (secondary N) is 14. The fraction of sp³-hybridized carbons (Fsp3) is 0.658. The van der Waals surface area contributed by atoms with Crippen LogP contribution in [0.3, 0.4) is 0 Å². The lowest BCUT2D eigenvalue weighted by Gasteiger charge is -2.29. The van der Waals surface area contributed by atoms with Crippen molar-refractivity contribution in [3.05, 3.63) is 35.9 Å². The molecule has 0 fully saturated rings. The van der Waals surface area contributed by atoms with E-state index in [4.69, 9.17) is 50.0 Å². The number of hydrogen-bond donors (Lipinski definition) is 26. The number of guanidine groups is 3. The molecule has 0 spiro atoms. The topological polar surface area (TPSA) is 762 Å². The van der Waals surface area contributed by atoms with Crippen LogP contribution < -0.4 is 115 Å². The van der Waals surface area contributed by atoms with Crippen molar-refractivity contribution >= 4 is 113 Å². The molecule has 45 nitrogen and oxygen atoms in total. The number of hydrogen-bond acceptors (Lipinski definition) is 23. The average molecular weight is 1730 g/mol. The summed E-state index contributed by atoms with van der Waals surface area (Å²) in [7, 11) is 0. The summed E-state index contributed by atoms with van der Waals surface area (Å²) in [5, 5.41) is 81.8. The Morgan fingerprint density at radius 2 is 0.719 bits per heavy atom. The standard InChI is InChI=1S/C70H122N24O19.C2HF3O2.CH4/c1-11-38(8)54(66(111)91-49(34-95)67(112)113)93-59(104)44(22-17-25-80-70(76)77)86-60(105)45(26-35(2)3)88-61(106)46(27-36(4)5)87-58(103)43(21-16-24-79-69(74)75)85-52(100)33-83-64(109)55(39(9)96)92-53(101)32-81-51(99)31-82-65(110)56(40(10)97)94-63(108)47(28-37(6)7)89-62(107)48(29-41-18-13-12-14-19-41)90-57(102)42(84-50(98)30-71)20-15-23-78-68(72)73;3-2(4,5)1(6)7;/h12-14,18-19,35-40,42-49,54-56,95-97H,11,15-17,20-34,71H2,1-10H3,(H,81,99)(H,82,110)(H,83,109)(H,84,98)(H,85,100)(H,86,105)(H,87,103)(H,88,106)(H,89,107)(H,90,102)(H,91,111)(H,92,101)(H,93,104)(H,94,108)(H,112,113)(H4,72,73,78)(H4,74,75,79)(H4,76,77,80);(H,6,7);1H4/t38-,39+,40+,42-,43-,44-,45-,46-,47-,48-,49-,54-,55-,56-;;/m0../s1. The van der Waals surface area contributed by atoms with E-state index in [9.17, 15) is 106 Å². The number of aliphatic carboxylic acids is 2. The monoisotopic (exact) mass is 1730 g/mol. The molecule has 14 amide bonds. The van der Waals surface area contributed by atoms with Crippen molar-refractivity contribution in [3.63, 3.8) is 0 Å². The Bertz CT molecular complexity index is 3620. The zero-order valence-electron chi connectivity index (χ0n) is 68.9. The van der Waals surface area contributed by atoms with Gasteiger partial charge in [0.15, 0.2) is 17.9 Å². The quantitative estimate of drug-likeness (QED) is 0.0164. The minimum atomic E-state index is -5.08. The molecule has 14 atom stereocenters. The Morgan fingerprint density at radius 3 is 1.08 bits per heavy atom. The van der Waals surface area contributed by atoms with Gasteiger partial charge in [0.2, 0.25) is 82.7 Å². The summed E-state index contributed by atoms with van der Waals surface area (Å²) in [4.78, 5) is 224. The lowest BCUT2D eigenvalue weighted by molar-refractivity contribution is -0.192. The molecular weight excluding hydrogens is 1610 g/mol. The van der Waals surface area contributed by atoms with E-state index in [-0.39, 0.29) is 127 Å².